The first kappa shape index (κ1) is 21.3. The van der Waals surface area contributed by atoms with Crippen molar-refractivity contribution in [2.75, 3.05) is 5.32 Å². The van der Waals surface area contributed by atoms with Crippen LogP contribution in [-0.4, -0.2) is 14.3 Å². The number of nitrogens with one attached hydrogen (secondary N) is 1. The SMILES string of the molecule is Cc1c(NC(=NS(=O)(=O)c2ccc(Cl)cc2)c2ccccc2)cc2sc(=O)oc2c1C. The molecule has 0 bridgehead atoms. The van der Waals surface area contributed by atoms with Gasteiger partial charge in [0.25, 0.3) is 10.0 Å². The molecule has 0 aliphatic rings. The number of aryl methyl sites for hydroxylation is 1. The average Bonchev–Trinajstić information content (AvgIpc) is 3.12. The van der Waals surface area contributed by atoms with Crippen molar-refractivity contribution in [1.82, 2.24) is 0 Å². The van der Waals surface area contributed by atoms with Crippen LogP contribution in [0.2, 0.25) is 5.02 Å². The third-order valence-electron chi connectivity index (χ3n) is 4.81. The van der Waals surface area contributed by atoms with Crippen molar-refractivity contribution in [3.8, 4) is 0 Å². The van der Waals surface area contributed by atoms with Crippen LogP contribution in [0.15, 0.2) is 79.2 Å². The molecule has 0 amide bonds. The van der Waals surface area contributed by atoms with Gasteiger partial charge in [-0.25, -0.2) is 4.79 Å². The smallest absolute Gasteiger partial charge is 0.396 e. The molecule has 0 spiro atoms. The van der Waals surface area contributed by atoms with Crippen LogP contribution < -0.4 is 10.3 Å². The summed E-state index contributed by atoms with van der Waals surface area (Å²) in [6.45, 7) is 3.72. The van der Waals surface area contributed by atoms with Gasteiger partial charge in [0.1, 0.15) is 0 Å². The first-order chi connectivity index (χ1) is 14.7. The Labute approximate surface area is 187 Å². The van der Waals surface area contributed by atoms with Gasteiger partial charge in [0.05, 0.1) is 9.60 Å². The fourth-order valence-corrected chi connectivity index (χ4v) is 4.91. The first-order valence-corrected chi connectivity index (χ1v) is 11.8. The second-order valence-electron chi connectivity index (χ2n) is 6.82. The number of nitrogens with zero attached hydrogens (tertiary/aromatic N) is 1. The second-order valence-corrected chi connectivity index (χ2v) is 9.83. The van der Waals surface area contributed by atoms with Crippen molar-refractivity contribution >= 4 is 54.8 Å². The fraction of sp³-hybridized carbons (Fsp3) is 0.0909. The zero-order chi connectivity index (χ0) is 22.2. The lowest BCUT2D eigenvalue weighted by molar-refractivity contribution is 0.583. The van der Waals surface area contributed by atoms with Crippen molar-refractivity contribution in [1.29, 1.82) is 0 Å². The Morgan fingerprint density at radius 2 is 1.71 bits per heavy atom. The summed E-state index contributed by atoms with van der Waals surface area (Å²) in [6.07, 6.45) is 0. The van der Waals surface area contributed by atoms with Crippen LogP contribution in [0, 0.1) is 13.8 Å². The molecule has 0 saturated carbocycles. The summed E-state index contributed by atoms with van der Waals surface area (Å²) in [5, 5.41) is 3.58. The fourth-order valence-electron chi connectivity index (χ4n) is 3.04. The van der Waals surface area contributed by atoms with Gasteiger partial charge in [-0.2, -0.15) is 8.42 Å². The standard InChI is InChI=1S/C22H17ClN2O4S2/c1-13-14(2)20-19(30-22(26)29-20)12-18(13)24-21(15-6-4-3-5-7-15)25-31(27,28)17-10-8-16(23)9-11-17/h3-12H,1-2H3,(H,24,25). The molecule has 0 atom stereocenters. The number of fused-ring (bicyclic) bond motifs is 1. The van der Waals surface area contributed by atoms with E-state index < -0.39 is 15.0 Å². The molecule has 31 heavy (non-hydrogen) atoms. The molecule has 3 aromatic carbocycles. The molecule has 0 radical (unpaired) electrons. The minimum absolute atomic E-state index is 0.0311. The van der Waals surface area contributed by atoms with Crippen molar-refractivity contribution in [3.05, 3.63) is 92.1 Å². The maximum Gasteiger partial charge on any atom is 0.396 e. The third kappa shape index (κ3) is 4.41. The number of hydrogen-bond donors (Lipinski definition) is 1. The van der Waals surface area contributed by atoms with E-state index in [0.29, 0.717) is 26.6 Å². The summed E-state index contributed by atoms with van der Waals surface area (Å²) in [5.41, 5.74) is 3.38. The van der Waals surface area contributed by atoms with Gasteiger partial charge in [-0.15, -0.1) is 4.40 Å². The Morgan fingerprint density at radius 3 is 2.39 bits per heavy atom. The molecular formula is C22H17ClN2O4S2. The van der Waals surface area contributed by atoms with E-state index in [2.05, 4.69) is 9.71 Å². The summed E-state index contributed by atoms with van der Waals surface area (Å²) in [4.78, 5) is 11.3. The third-order valence-corrected chi connectivity index (χ3v) is 7.12. The van der Waals surface area contributed by atoms with E-state index in [0.717, 1.165) is 22.5 Å². The van der Waals surface area contributed by atoms with Crippen LogP contribution in [-0.2, 0) is 10.0 Å². The average molecular weight is 473 g/mol. The van der Waals surface area contributed by atoms with Crippen LogP contribution in [0.5, 0.6) is 0 Å². The minimum atomic E-state index is -4.00. The lowest BCUT2D eigenvalue weighted by Gasteiger charge is -2.14. The molecule has 1 N–H and O–H groups in total. The number of sulfonamides is 1. The van der Waals surface area contributed by atoms with E-state index in [9.17, 15) is 13.2 Å². The molecule has 0 unspecified atom stereocenters. The maximum absolute atomic E-state index is 13.0. The molecule has 0 aliphatic carbocycles. The van der Waals surface area contributed by atoms with Gasteiger partial charge in [-0.1, -0.05) is 53.3 Å². The monoisotopic (exact) mass is 472 g/mol. The Balaban J connectivity index is 1.85. The normalized spacial score (nSPS) is 12.3. The van der Waals surface area contributed by atoms with E-state index in [1.54, 1.807) is 30.3 Å². The van der Waals surface area contributed by atoms with E-state index in [-0.39, 0.29) is 10.7 Å². The van der Waals surface area contributed by atoms with Gasteiger partial charge >= 0.3 is 4.94 Å². The highest BCUT2D eigenvalue weighted by atomic mass is 35.5. The van der Waals surface area contributed by atoms with Gasteiger partial charge in [-0.3, -0.25) is 0 Å². The van der Waals surface area contributed by atoms with Gasteiger partial charge in [0.2, 0.25) is 0 Å². The van der Waals surface area contributed by atoms with E-state index in [1.807, 2.05) is 19.9 Å². The van der Waals surface area contributed by atoms with Crippen LogP contribution in [0.4, 0.5) is 5.69 Å². The lowest BCUT2D eigenvalue weighted by Crippen LogP contribution is -2.17. The van der Waals surface area contributed by atoms with Crippen LogP contribution in [0.25, 0.3) is 10.3 Å². The molecule has 4 aromatic rings. The lowest BCUT2D eigenvalue weighted by atomic mass is 10.1. The highest BCUT2D eigenvalue weighted by Crippen LogP contribution is 2.30. The number of benzene rings is 3. The molecule has 158 valence electrons. The molecule has 0 saturated heterocycles. The van der Waals surface area contributed by atoms with E-state index in [1.165, 1.54) is 24.3 Å². The zero-order valence-corrected chi connectivity index (χ0v) is 18.9. The molecule has 6 nitrogen and oxygen atoms in total. The predicted octanol–water partition coefficient (Wildman–Crippen LogP) is 5.37. The Bertz CT molecular complexity index is 1460. The molecular weight excluding hydrogens is 456 g/mol. The van der Waals surface area contributed by atoms with Crippen LogP contribution in [0.3, 0.4) is 0 Å². The van der Waals surface area contributed by atoms with E-state index >= 15 is 0 Å². The highest BCUT2D eigenvalue weighted by Gasteiger charge is 2.18. The van der Waals surface area contributed by atoms with Crippen molar-refractivity contribution in [2.45, 2.75) is 18.7 Å². The molecule has 9 heteroatoms. The topological polar surface area (TPSA) is 88.7 Å². The molecule has 1 aromatic heterocycles. The summed E-state index contributed by atoms with van der Waals surface area (Å²) >= 11 is 6.87. The second kappa shape index (κ2) is 8.30. The van der Waals surface area contributed by atoms with Gasteiger partial charge < -0.3 is 9.73 Å². The quantitative estimate of drug-likeness (QED) is 0.318. The number of halogens is 1. The van der Waals surface area contributed by atoms with E-state index in [4.69, 9.17) is 16.0 Å². The summed E-state index contributed by atoms with van der Waals surface area (Å²) in [5.74, 6) is 0.160. The highest BCUT2D eigenvalue weighted by molar-refractivity contribution is 7.90. The molecule has 4 rings (SSSR count). The zero-order valence-electron chi connectivity index (χ0n) is 16.5. The van der Waals surface area contributed by atoms with Crippen LogP contribution in [0.1, 0.15) is 16.7 Å². The van der Waals surface area contributed by atoms with Crippen molar-refractivity contribution < 1.29 is 12.8 Å². The number of anilines is 1. The van der Waals surface area contributed by atoms with Gasteiger partial charge in [0, 0.05) is 16.3 Å². The molecule has 0 aliphatic heterocycles. The Kier molecular flexibility index (Phi) is 5.70. The summed E-state index contributed by atoms with van der Waals surface area (Å²) < 4.78 is 35.9. The van der Waals surface area contributed by atoms with Gasteiger partial charge in [0.15, 0.2) is 11.4 Å². The largest absolute Gasteiger partial charge is 0.414 e. The minimum Gasteiger partial charge on any atom is -0.414 e. The number of amidine groups is 1. The Morgan fingerprint density at radius 1 is 1.03 bits per heavy atom. The summed E-state index contributed by atoms with van der Waals surface area (Å²) in [6, 6.07) is 16.5. The van der Waals surface area contributed by atoms with Gasteiger partial charge in [-0.05, 0) is 55.3 Å². The van der Waals surface area contributed by atoms with Crippen LogP contribution >= 0.6 is 22.9 Å². The summed E-state index contributed by atoms with van der Waals surface area (Å²) in [7, 11) is -4.00. The maximum atomic E-state index is 13.0. The number of hydrogen-bond acceptors (Lipinski definition) is 5. The molecule has 0 fully saturated rings. The Hall–Kier alpha value is -2.94. The number of rotatable bonds is 4. The van der Waals surface area contributed by atoms with Crippen molar-refractivity contribution in [3.63, 3.8) is 0 Å². The first-order valence-electron chi connectivity index (χ1n) is 9.21. The predicted molar refractivity (Wildman–Crippen MR) is 125 cm³/mol. The van der Waals surface area contributed by atoms with Crippen molar-refractivity contribution in [2.24, 2.45) is 4.40 Å². The molecule has 1 heterocycles.